The number of benzene rings is 2. The van der Waals surface area contributed by atoms with Gasteiger partial charge in [0, 0.05) is 25.3 Å². The molecule has 154 valence electrons. The van der Waals surface area contributed by atoms with Gasteiger partial charge in [-0.1, -0.05) is 12.1 Å². The smallest absolute Gasteiger partial charge is 0.264 e. The first-order valence-corrected chi connectivity index (χ1v) is 11.1. The predicted octanol–water partition coefficient (Wildman–Crippen LogP) is 1.98. The molecule has 0 aliphatic carbocycles. The normalized spacial score (nSPS) is 17.2. The van der Waals surface area contributed by atoms with Crippen LogP contribution in [0.3, 0.4) is 0 Å². The summed E-state index contributed by atoms with van der Waals surface area (Å²) in [4.78, 5) is 14.6. The van der Waals surface area contributed by atoms with Crippen molar-refractivity contribution in [1.29, 1.82) is 0 Å². The van der Waals surface area contributed by atoms with E-state index in [2.05, 4.69) is 0 Å². The number of fused-ring (bicyclic) bond motifs is 1. The first-order valence-electron chi connectivity index (χ1n) is 9.66. The molecule has 0 N–H and O–H groups in total. The zero-order chi connectivity index (χ0) is 20.4. The van der Waals surface area contributed by atoms with E-state index in [1.54, 1.807) is 23.1 Å². The number of sulfonamides is 1. The van der Waals surface area contributed by atoms with E-state index in [4.69, 9.17) is 9.47 Å². The van der Waals surface area contributed by atoms with Crippen LogP contribution >= 0.6 is 0 Å². The highest BCUT2D eigenvalue weighted by atomic mass is 32.2. The van der Waals surface area contributed by atoms with Crippen molar-refractivity contribution in [2.45, 2.75) is 18.2 Å². The third kappa shape index (κ3) is 4.14. The Labute approximate surface area is 170 Å². The summed E-state index contributed by atoms with van der Waals surface area (Å²) in [6.45, 7) is 3.97. The summed E-state index contributed by atoms with van der Waals surface area (Å²) in [6, 6.07) is 12.5. The summed E-state index contributed by atoms with van der Waals surface area (Å²) >= 11 is 0. The van der Waals surface area contributed by atoms with Crippen LogP contribution < -0.4 is 9.64 Å². The molecule has 0 unspecified atom stereocenters. The summed E-state index contributed by atoms with van der Waals surface area (Å²) in [5.74, 6) is 0.513. The molecule has 8 heteroatoms. The van der Waals surface area contributed by atoms with Crippen molar-refractivity contribution in [2.75, 3.05) is 44.4 Å². The van der Waals surface area contributed by atoms with E-state index in [1.165, 1.54) is 4.31 Å². The molecule has 0 spiro atoms. The van der Waals surface area contributed by atoms with E-state index in [0.29, 0.717) is 45.0 Å². The lowest BCUT2D eigenvalue weighted by molar-refractivity contribution is -0.120. The van der Waals surface area contributed by atoms with Gasteiger partial charge < -0.3 is 14.4 Å². The molecule has 4 rings (SSSR count). The maximum Gasteiger partial charge on any atom is 0.264 e. The lowest BCUT2D eigenvalue weighted by atomic mass is 10.2. The van der Waals surface area contributed by atoms with E-state index in [1.807, 2.05) is 31.2 Å². The van der Waals surface area contributed by atoms with E-state index < -0.39 is 10.0 Å². The number of hydrogen-bond donors (Lipinski definition) is 0. The Hall–Kier alpha value is -2.42. The molecule has 1 saturated heterocycles. The van der Waals surface area contributed by atoms with Gasteiger partial charge in [-0.15, -0.1) is 0 Å². The Balaban J connectivity index is 1.47. The fraction of sp³-hybridized carbons (Fsp3) is 0.381. The number of anilines is 1. The highest BCUT2D eigenvalue weighted by Gasteiger charge is 2.30. The molecule has 7 nitrogen and oxygen atoms in total. The first-order chi connectivity index (χ1) is 13.9. The zero-order valence-electron chi connectivity index (χ0n) is 16.3. The van der Waals surface area contributed by atoms with Crippen molar-refractivity contribution in [1.82, 2.24) is 4.31 Å². The molecule has 2 aromatic carbocycles. The molecule has 2 heterocycles. The highest BCUT2D eigenvalue weighted by molar-refractivity contribution is 7.89. The van der Waals surface area contributed by atoms with Gasteiger partial charge in [0.2, 0.25) is 10.0 Å². The molecule has 2 aromatic rings. The average Bonchev–Trinajstić information content (AvgIpc) is 3.16. The van der Waals surface area contributed by atoms with Crippen LogP contribution in [0.4, 0.5) is 5.69 Å². The molecular formula is C21H24N2O5S. The van der Waals surface area contributed by atoms with Gasteiger partial charge in [0.15, 0.2) is 6.61 Å². The topological polar surface area (TPSA) is 76.2 Å². The molecule has 2 aliphatic rings. The Morgan fingerprint density at radius 2 is 1.90 bits per heavy atom. The molecular weight excluding hydrogens is 392 g/mol. The van der Waals surface area contributed by atoms with Gasteiger partial charge in [-0.3, -0.25) is 4.79 Å². The van der Waals surface area contributed by atoms with E-state index >= 15 is 0 Å². The minimum atomic E-state index is -3.55. The minimum absolute atomic E-state index is 0.0588. The van der Waals surface area contributed by atoms with Crippen LogP contribution in [0.5, 0.6) is 5.75 Å². The van der Waals surface area contributed by atoms with Gasteiger partial charge >= 0.3 is 0 Å². The van der Waals surface area contributed by atoms with Crippen LogP contribution in [0.1, 0.15) is 11.1 Å². The minimum Gasteiger partial charge on any atom is -0.484 e. The van der Waals surface area contributed by atoms with Gasteiger partial charge in [-0.2, -0.15) is 4.31 Å². The van der Waals surface area contributed by atoms with E-state index in [9.17, 15) is 13.2 Å². The summed E-state index contributed by atoms with van der Waals surface area (Å²) in [5, 5.41) is 0. The number of morpholine rings is 1. The lowest BCUT2D eigenvalue weighted by Crippen LogP contribution is -2.40. The number of carbonyl (C=O) groups is 1. The van der Waals surface area contributed by atoms with Crippen LogP contribution in [0.15, 0.2) is 47.4 Å². The average molecular weight is 416 g/mol. The molecule has 0 radical (unpaired) electrons. The van der Waals surface area contributed by atoms with Crippen LogP contribution in [0.2, 0.25) is 0 Å². The molecule has 1 amide bonds. The quantitative estimate of drug-likeness (QED) is 0.745. The SMILES string of the molecule is Cc1cccc(OCC(=O)N2CCc3cc(S(=O)(=O)N4CCOCC4)ccc32)c1. The maximum absolute atomic E-state index is 12.9. The Morgan fingerprint density at radius 3 is 2.66 bits per heavy atom. The third-order valence-electron chi connectivity index (χ3n) is 5.21. The molecule has 29 heavy (non-hydrogen) atoms. The van der Waals surface area contributed by atoms with Gasteiger partial charge in [0.05, 0.1) is 18.1 Å². The third-order valence-corrected chi connectivity index (χ3v) is 7.10. The highest BCUT2D eigenvalue weighted by Crippen LogP contribution is 2.31. The fourth-order valence-electron chi connectivity index (χ4n) is 3.66. The Kier molecular flexibility index (Phi) is 5.58. The van der Waals surface area contributed by atoms with E-state index in [-0.39, 0.29) is 17.4 Å². The number of aryl methyl sites for hydroxylation is 1. The van der Waals surface area contributed by atoms with E-state index in [0.717, 1.165) is 16.8 Å². The molecule has 0 atom stereocenters. The zero-order valence-corrected chi connectivity index (χ0v) is 17.2. The van der Waals surface area contributed by atoms with Crippen LogP contribution in [0.25, 0.3) is 0 Å². The molecule has 0 aromatic heterocycles. The largest absolute Gasteiger partial charge is 0.484 e. The summed E-state index contributed by atoms with van der Waals surface area (Å²) in [5.41, 5.74) is 2.68. The van der Waals surface area contributed by atoms with Crippen LogP contribution in [0, 0.1) is 6.92 Å². The number of rotatable bonds is 5. The number of ether oxygens (including phenoxy) is 2. The fourth-order valence-corrected chi connectivity index (χ4v) is 5.12. The van der Waals surface area contributed by atoms with Gasteiger partial charge in [-0.05, 0) is 54.8 Å². The van der Waals surface area contributed by atoms with Crippen molar-refractivity contribution in [3.63, 3.8) is 0 Å². The molecule has 1 fully saturated rings. The Bertz CT molecular complexity index is 1020. The molecule has 0 saturated carbocycles. The maximum atomic E-state index is 12.9. The van der Waals surface area contributed by atoms with Crippen molar-refractivity contribution >= 4 is 21.6 Å². The second-order valence-corrected chi connectivity index (χ2v) is 9.15. The molecule has 2 aliphatic heterocycles. The second kappa shape index (κ2) is 8.14. The number of carbonyl (C=O) groups excluding carboxylic acids is 1. The Morgan fingerprint density at radius 1 is 1.10 bits per heavy atom. The van der Waals surface area contributed by atoms with Crippen molar-refractivity contribution in [2.24, 2.45) is 0 Å². The van der Waals surface area contributed by atoms with Crippen LogP contribution in [-0.4, -0.2) is 58.1 Å². The predicted molar refractivity (Wildman–Crippen MR) is 109 cm³/mol. The van der Waals surface area contributed by atoms with Crippen molar-refractivity contribution in [3.8, 4) is 5.75 Å². The van der Waals surface area contributed by atoms with Crippen LogP contribution in [-0.2, 0) is 26.0 Å². The summed E-state index contributed by atoms with van der Waals surface area (Å²) in [7, 11) is -3.55. The number of hydrogen-bond acceptors (Lipinski definition) is 5. The summed E-state index contributed by atoms with van der Waals surface area (Å²) < 4.78 is 38.0. The number of amides is 1. The first kappa shape index (κ1) is 19.9. The molecule has 0 bridgehead atoms. The van der Waals surface area contributed by atoms with Gasteiger partial charge in [-0.25, -0.2) is 8.42 Å². The standard InChI is InChI=1S/C21H24N2O5S/c1-16-3-2-4-18(13-16)28-15-21(24)23-8-7-17-14-19(5-6-20(17)23)29(25,26)22-9-11-27-12-10-22/h2-6,13-14H,7-12,15H2,1H3. The van der Waals surface area contributed by atoms with Gasteiger partial charge in [0.25, 0.3) is 5.91 Å². The monoisotopic (exact) mass is 416 g/mol. The number of nitrogens with zero attached hydrogens (tertiary/aromatic N) is 2. The summed E-state index contributed by atoms with van der Waals surface area (Å²) in [6.07, 6.45) is 0.623. The van der Waals surface area contributed by atoms with Crippen molar-refractivity contribution < 1.29 is 22.7 Å². The second-order valence-electron chi connectivity index (χ2n) is 7.21. The lowest BCUT2D eigenvalue weighted by Gasteiger charge is -2.26. The van der Waals surface area contributed by atoms with Gasteiger partial charge in [0.1, 0.15) is 5.75 Å². The van der Waals surface area contributed by atoms with Crippen molar-refractivity contribution in [3.05, 3.63) is 53.6 Å².